The second kappa shape index (κ2) is 6.59. The normalized spacial score (nSPS) is 26.2. The zero-order valence-corrected chi connectivity index (χ0v) is 10.5. The molecule has 0 aromatic carbocycles. The van der Waals surface area contributed by atoms with Crippen LogP contribution in [0.2, 0.25) is 0 Å². The molecule has 1 aliphatic heterocycles. The molecule has 0 aromatic rings. The van der Waals surface area contributed by atoms with E-state index in [-0.39, 0.29) is 11.9 Å². The summed E-state index contributed by atoms with van der Waals surface area (Å²) in [6.45, 7) is 4.84. The van der Waals surface area contributed by atoms with Crippen molar-refractivity contribution in [3.05, 3.63) is 0 Å². The number of piperidine rings is 1. The molecule has 0 spiro atoms. The van der Waals surface area contributed by atoms with E-state index in [0.29, 0.717) is 12.3 Å². The SMILES string of the molecule is CCCC(NC(=O)C1CC(C)CCN1)C(=O)O. The van der Waals surface area contributed by atoms with E-state index in [9.17, 15) is 9.59 Å². The van der Waals surface area contributed by atoms with Crippen molar-refractivity contribution < 1.29 is 14.7 Å². The minimum atomic E-state index is -0.955. The molecular formula is C12H22N2O3. The van der Waals surface area contributed by atoms with Crippen LogP contribution in [0.4, 0.5) is 0 Å². The predicted molar refractivity (Wildman–Crippen MR) is 64.7 cm³/mol. The highest BCUT2D eigenvalue weighted by Crippen LogP contribution is 2.15. The summed E-state index contributed by atoms with van der Waals surface area (Å²) in [6, 6.07) is -0.996. The molecular weight excluding hydrogens is 220 g/mol. The van der Waals surface area contributed by atoms with Crippen LogP contribution in [0.3, 0.4) is 0 Å². The molecule has 0 aromatic heterocycles. The van der Waals surface area contributed by atoms with Crippen LogP contribution in [-0.2, 0) is 9.59 Å². The predicted octanol–water partition coefficient (Wildman–Crippen LogP) is 0.744. The van der Waals surface area contributed by atoms with Gasteiger partial charge in [0.1, 0.15) is 6.04 Å². The Morgan fingerprint density at radius 2 is 2.24 bits per heavy atom. The summed E-state index contributed by atoms with van der Waals surface area (Å²) in [4.78, 5) is 22.8. The molecule has 98 valence electrons. The van der Waals surface area contributed by atoms with Crippen molar-refractivity contribution in [2.75, 3.05) is 6.54 Å². The Kier molecular flexibility index (Phi) is 5.41. The third-order valence-corrected chi connectivity index (χ3v) is 3.17. The van der Waals surface area contributed by atoms with Gasteiger partial charge in [0.2, 0.25) is 5.91 Å². The summed E-state index contributed by atoms with van der Waals surface area (Å²) in [7, 11) is 0. The second-order valence-electron chi connectivity index (χ2n) is 4.82. The van der Waals surface area contributed by atoms with Crippen molar-refractivity contribution in [3.8, 4) is 0 Å². The van der Waals surface area contributed by atoms with Crippen LogP contribution in [0, 0.1) is 5.92 Å². The lowest BCUT2D eigenvalue weighted by Crippen LogP contribution is -2.52. The van der Waals surface area contributed by atoms with Crippen molar-refractivity contribution in [3.63, 3.8) is 0 Å². The van der Waals surface area contributed by atoms with Gasteiger partial charge in [-0.1, -0.05) is 20.3 Å². The number of carboxylic acids is 1. The van der Waals surface area contributed by atoms with E-state index in [1.54, 1.807) is 0 Å². The van der Waals surface area contributed by atoms with E-state index in [1.807, 2.05) is 6.92 Å². The van der Waals surface area contributed by atoms with E-state index in [2.05, 4.69) is 17.6 Å². The Balaban J connectivity index is 2.48. The Labute approximate surface area is 102 Å². The van der Waals surface area contributed by atoms with Crippen LogP contribution >= 0.6 is 0 Å². The fourth-order valence-electron chi connectivity index (χ4n) is 2.13. The first-order chi connectivity index (χ1) is 8.04. The van der Waals surface area contributed by atoms with Gasteiger partial charge >= 0.3 is 5.97 Å². The maximum Gasteiger partial charge on any atom is 0.326 e. The Morgan fingerprint density at radius 3 is 2.76 bits per heavy atom. The zero-order chi connectivity index (χ0) is 12.8. The van der Waals surface area contributed by atoms with Gasteiger partial charge in [0.15, 0.2) is 0 Å². The van der Waals surface area contributed by atoms with E-state index in [1.165, 1.54) is 0 Å². The van der Waals surface area contributed by atoms with Crippen LogP contribution in [0.25, 0.3) is 0 Å². The van der Waals surface area contributed by atoms with Gasteiger partial charge in [-0.3, -0.25) is 4.79 Å². The molecule has 3 N–H and O–H groups in total. The van der Waals surface area contributed by atoms with Gasteiger partial charge in [0.05, 0.1) is 6.04 Å². The van der Waals surface area contributed by atoms with Crippen LogP contribution in [0.5, 0.6) is 0 Å². The summed E-state index contributed by atoms with van der Waals surface area (Å²) in [5.74, 6) is -0.622. The quantitative estimate of drug-likeness (QED) is 0.664. The fraction of sp³-hybridized carbons (Fsp3) is 0.833. The third-order valence-electron chi connectivity index (χ3n) is 3.17. The Hall–Kier alpha value is -1.10. The molecule has 1 saturated heterocycles. The fourth-order valence-corrected chi connectivity index (χ4v) is 2.13. The minimum absolute atomic E-state index is 0.183. The molecule has 3 atom stereocenters. The Bertz CT molecular complexity index is 281. The molecule has 1 fully saturated rings. The number of carboxylic acid groups (broad SMARTS) is 1. The van der Waals surface area contributed by atoms with E-state index >= 15 is 0 Å². The Morgan fingerprint density at radius 1 is 1.53 bits per heavy atom. The van der Waals surface area contributed by atoms with Gasteiger partial charge in [0, 0.05) is 0 Å². The van der Waals surface area contributed by atoms with Crippen molar-refractivity contribution in [2.24, 2.45) is 5.92 Å². The smallest absolute Gasteiger partial charge is 0.326 e. The maximum absolute atomic E-state index is 11.9. The standard InChI is InChI=1S/C12H22N2O3/c1-3-4-9(12(16)17)14-11(15)10-7-8(2)5-6-13-10/h8-10,13H,3-7H2,1-2H3,(H,14,15)(H,16,17). The largest absolute Gasteiger partial charge is 0.480 e. The first-order valence-electron chi connectivity index (χ1n) is 6.31. The second-order valence-corrected chi connectivity index (χ2v) is 4.82. The molecule has 1 aliphatic rings. The topological polar surface area (TPSA) is 78.4 Å². The van der Waals surface area contributed by atoms with Gasteiger partial charge in [-0.2, -0.15) is 0 Å². The van der Waals surface area contributed by atoms with Gasteiger partial charge in [-0.15, -0.1) is 0 Å². The summed E-state index contributed by atoms with van der Waals surface area (Å²) >= 11 is 0. The summed E-state index contributed by atoms with van der Waals surface area (Å²) in [6.07, 6.45) is 3.07. The summed E-state index contributed by atoms with van der Waals surface area (Å²) in [5, 5.41) is 14.7. The number of carbonyl (C=O) groups is 2. The van der Waals surface area contributed by atoms with Crippen molar-refractivity contribution in [1.29, 1.82) is 0 Å². The number of carbonyl (C=O) groups excluding carboxylic acids is 1. The molecule has 5 heteroatoms. The highest BCUT2D eigenvalue weighted by molar-refractivity contribution is 5.86. The average Bonchev–Trinajstić information content (AvgIpc) is 2.28. The van der Waals surface area contributed by atoms with Gasteiger partial charge in [0.25, 0.3) is 0 Å². The van der Waals surface area contributed by atoms with E-state index < -0.39 is 12.0 Å². The molecule has 0 aliphatic carbocycles. The molecule has 3 unspecified atom stereocenters. The number of nitrogens with one attached hydrogen (secondary N) is 2. The first-order valence-corrected chi connectivity index (χ1v) is 6.31. The van der Waals surface area contributed by atoms with Gasteiger partial charge < -0.3 is 15.7 Å². The van der Waals surface area contributed by atoms with Gasteiger partial charge in [-0.25, -0.2) is 4.79 Å². The van der Waals surface area contributed by atoms with E-state index in [4.69, 9.17) is 5.11 Å². The monoisotopic (exact) mass is 242 g/mol. The third kappa shape index (κ3) is 4.34. The number of amides is 1. The molecule has 17 heavy (non-hydrogen) atoms. The maximum atomic E-state index is 11.9. The molecule has 0 radical (unpaired) electrons. The van der Waals surface area contributed by atoms with Crippen LogP contribution in [-0.4, -0.2) is 35.6 Å². The minimum Gasteiger partial charge on any atom is -0.480 e. The number of aliphatic carboxylic acids is 1. The van der Waals surface area contributed by atoms with Crippen molar-refractivity contribution >= 4 is 11.9 Å². The number of hydrogen-bond acceptors (Lipinski definition) is 3. The van der Waals surface area contributed by atoms with E-state index in [0.717, 1.165) is 25.8 Å². The highest BCUT2D eigenvalue weighted by atomic mass is 16.4. The number of hydrogen-bond donors (Lipinski definition) is 3. The molecule has 5 nitrogen and oxygen atoms in total. The van der Waals surface area contributed by atoms with Gasteiger partial charge in [-0.05, 0) is 31.7 Å². The van der Waals surface area contributed by atoms with Crippen molar-refractivity contribution in [1.82, 2.24) is 10.6 Å². The average molecular weight is 242 g/mol. The highest BCUT2D eigenvalue weighted by Gasteiger charge is 2.27. The molecule has 1 rings (SSSR count). The summed E-state index contributed by atoms with van der Waals surface area (Å²) in [5.41, 5.74) is 0. The molecule has 0 saturated carbocycles. The molecule has 0 bridgehead atoms. The lowest BCUT2D eigenvalue weighted by Gasteiger charge is -2.28. The first kappa shape index (κ1) is 14.0. The molecule has 1 heterocycles. The number of rotatable bonds is 5. The van der Waals surface area contributed by atoms with Crippen molar-refractivity contribution in [2.45, 2.75) is 51.6 Å². The van der Waals surface area contributed by atoms with Crippen LogP contribution < -0.4 is 10.6 Å². The van der Waals surface area contributed by atoms with Crippen LogP contribution in [0.1, 0.15) is 39.5 Å². The summed E-state index contributed by atoms with van der Waals surface area (Å²) < 4.78 is 0. The van der Waals surface area contributed by atoms with Crippen LogP contribution in [0.15, 0.2) is 0 Å². The molecule has 1 amide bonds. The lowest BCUT2D eigenvalue weighted by molar-refractivity contribution is -0.142. The lowest BCUT2D eigenvalue weighted by atomic mass is 9.93. The zero-order valence-electron chi connectivity index (χ0n) is 10.5.